The number of nitrogens with one attached hydrogen (secondary N) is 2. The standard InChI is InChI=1S/C21H30N4OS/c1-14(2)10-19-23-12-15(27-19)13-24-20(22-5)25-17-11-21(3,4)26-18-9-7-6-8-16(17)18/h6-9,12,14,17H,10-11,13H2,1-5H3,(H2,22,24,25). The fraction of sp³-hybridized carbons (Fsp3) is 0.524. The van der Waals surface area contributed by atoms with E-state index in [1.54, 1.807) is 11.3 Å². The molecule has 2 heterocycles. The highest BCUT2D eigenvalue weighted by atomic mass is 32.1. The van der Waals surface area contributed by atoms with E-state index >= 15 is 0 Å². The molecule has 0 saturated carbocycles. The van der Waals surface area contributed by atoms with Gasteiger partial charge in [-0.15, -0.1) is 11.3 Å². The predicted octanol–water partition coefficient (Wildman–Crippen LogP) is 4.31. The second-order valence-electron chi connectivity index (χ2n) is 8.04. The van der Waals surface area contributed by atoms with Crippen LogP contribution in [0.3, 0.4) is 0 Å². The first-order valence-electron chi connectivity index (χ1n) is 9.55. The van der Waals surface area contributed by atoms with Crippen molar-refractivity contribution in [3.05, 3.63) is 45.9 Å². The van der Waals surface area contributed by atoms with Crippen molar-refractivity contribution in [1.82, 2.24) is 15.6 Å². The molecular weight excluding hydrogens is 356 g/mol. The Morgan fingerprint density at radius 1 is 1.37 bits per heavy atom. The SMILES string of the molecule is CN=C(NCc1cnc(CC(C)C)s1)NC1CC(C)(C)Oc2ccccc21. The molecule has 5 nitrogen and oxygen atoms in total. The van der Waals surface area contributed by atoms with Gasteiger partial charge in [0.05, 0.1) is 17.6 Å². The fourth-order valence-electron chi connectivity index (χ4n) is 3.33. The van der Waals surface area contributed by atoms with Crippen LogP contribution in [0.15, 0.2) is 35.5 Å². The predicted molar refractivity (Wildman–Crippen MR) is 112 cm³/mol. The molecule has 6 heteroatoms. The summed E-state index contributed by atoms with van der Waals surface area (Å²) in [6, 6.07) is 8.39. The summed E-state index contributed by atoms with van der Waals surface area (Å²) in [7, 11) is 1.81. The number of rotatable bonds is 5. The Kier molecular flexibility index (Phi) is 6.05. The van der Waals surface area contributed by atoms with Crippen LogP contribution in [0.4, 0.5) is 0 Å². The van der Waals surface area contributed by atoms with Crippen LogP contribution in [-0.2, 0) is 13.0 Å². The van der Waals surface area contributed by atoms with Crippen molar-refractivity contribution in [2.45, 2.75) is 58.7 Å². The summed E-state index contributed by atoms with van der Waals surface area (Å²) in [6.45, 7) is 9.42. The molecule has 0 spiro atoms. The average molecular weight is 387 g/mol. The maximum Gasteiger partial charge on any atom is 0.191 e. The van der Waals surface area contributed by atoms with Gasteiger partial charge in [-0.3, -0.25) is 4.99 Å². The number of aromatic nitrogens is 1. The highest BCUT2D eigenvalue weighted by molar-refractivity contribution is 7.11. The lowest BCUT2D eigenvalue weighted by molar-refractivity contribution is 0.0694. The molecule has 27 heavy (non-hydrogen) atoms. The van der Waals surface area contributed by atoms with Crippen molar-refractivity contribution >= 4 is 17.3 Å². The molecule has 1 atom stereocenters. The van der Waals surface area contributed by atoms with E-state index in [4.69, 9.17) is 4.74 Å². The molecule has 146 valence electrons. The molecule has 0 fully saturated rings. The summed E-state index contributed by atoms with van der Waals surface area (Å²) in [5.74, 6) is 2.37. The second kappa shape index (κ2) is 8.30. The van der Waals surface area contributed by atoms with Gasteiger partial charge in [0.2, 0.25) is 0 Å². The van der Waals surface area contributed by atoms with Gasteiger partial charge < -0.3 is 15.4 Å². The van der Waals surface area contributed by atoms with Gasteiger partial charge >= 0.3 is 0 Å². The summed E-state index contributed by atoms with van der Waals surface area (Å²) in [6.07, 6.45) is 3.88. The van der Waals surface area contributed by atoms with E-state index in [2.05, 4.69) is 60.4 Å². The summed E-state index contributed by atoms with van der Waals surface area (Å²) in [5.41, 5.74) is 0.964. The molecule has 0 radical (unpaired) electrons. The number of nitrogens with zero attached hydrogens (tertiary/aromatic N) is 2. The molecule has 0 saturated heterocycles. The summed E-state index contributed by atoms with van der Waals surface area (Å²) in [5, 5.41) is 8.20. The van der Waals surface area contributed by atoms with Crippen LogP contribution in [0.1, 0.15) is 55.6 Å². The lowest BCUT2D eigenvalue weighted by atomic mass is 9.90. The summed E-state index contributed by atoms with van der Waals surface area (Å²) in [4.78, 5) is 10.2. The molecule has 0 aliphatic carbocycles. The van der Waals surface area contributed by atoms with E-state index in [9.17, 15) is 0 Å². The number of thiazole rings is 1. The molecule has 1 aromatic heterocycles. The number of hydrogen-bond donors (Lipinski definition) is 2. The highest BCUT2D eigenvalue weighted by Gasteiger charge is 2.33. The van der Waals surface area contributed by atoms with Gasteiger partial charge in [-0.05, 0) is 25.8 Å². The van der Waals surface area contributed by atoms with E-state index < -0.39 is 0 Å². The normalized spacial score (nSPS) is 18.7. The molecule has 2 aromatic rings. The maximum atomic E-state index is 6.12. The lowest BCUT2D eigenvalue weighted by Gasteiger charge is -2.38. The van der Waals surface area contributed by atoms with Crippen molar-refractivity contribution < 1.29 is 4.74 Å². The Hall–Kier alpha value is -2.08. The van der Waals surface area contributed by atoms with Crippen LogP contribution in [0, 0.1) is 5.92 Å². The summed E-state index contributed by atoms with van der Waals surface area (Å²) < 4.78 is 6.12. The van der Waals surface area contributed by atoms with Gasteiger partial charge in [0, 0.05) is 36.5 Å². The van der Waals surface area contributed by atoms with Crippen molar-refractivity contribution in [1.29, 1.82) is 0 Å². The van der Waals surface area contributed by atoms with Crippen LogP contribution >= 0.6 is 11.3 Å². The average Bonchev–Trinajstić information content (AvgIpc) is 3.04. The van der Waals surface area contributed by atoms with Gasteiger partial charge in [0.25, 0.3) is 0 Å². The zero-order chi connectivity index (χ0) is 19.4. The van der Waals surface area contributed by atoms with Crippen molar-refractivity contribution in [2.24, 2.45) is 10.9 Å². The molecule has 1 aliphatic rings. The Morgan fingerprint density at radius 2 is 2.15 bits per heavy atom. The molecule has 0 bridgehead atoms. The summed E-state index contributed by atoms with van der Waals surface area (Å²) >= 11 is 1.77. The van der Waals surface area contributed by atoms with Gasteiger partial charge in [0.15, 0.2) is 5.96 Å². The third kappa shape index (κ3) is 5.22. The zero-order valence-electron chi connectivity index (χ0n) is 16.9. The van der Waals surface area contributed by atoms with Gasteiger partial charge in [-0.25, -0.2) is 4.98 Å². The number of benzene rings is 1. The number of hydrogen-bond acceptors (Lipinski definition) is 4. The largest absolute Gasteiger partial charge is 0.487 e. The number of guanidine groups is 1. The quantitative estimate of drug-likeness (QED) is 0.594. The third-order valence-electron chi connectivity index (χ3n) is 4.53. The van der Waals surface area contributed by atoms with Crippen LogP contribution in [0.5, 0.6) is 5.75 Å². The Bertz CT molecular complexity index is 797. The molecule has 2 N–H and O–H groups in total. The Morgan fingerprint density at radius 3 is 2.89 bits per heavy atom. The van der Waals surface area contributed by atoms with E-state index in [1.165, 1.54) is 15.4 Å². The fourth-order valence-corrected chi connectivity index (χ4v) is 4.41. The molecular formula is C21H30N4OS. The van der Waals surface area contributed by atoms with Crippen molar-refractivity contribution in [3.63, 3.8) is 0 Å². The first-order chi connectivity index (χ1) is 12.9. The third-order valence-corrected chi connectivity index (χ3v) is 5.54. The number of ether oxygens (including phenoxy) is 1. The number of aliphatic imine (C=N–C) groups is 1. The van der Waals surface area contributed by atoms with E-state index in [-0.39, 0.29) is 11.6 Å². The monoisotopic (exact) mass is 386 g/mol. The molecule has 1 unspecified atom stereocenters. The maximum absolute atomic E-state index is 6.12. The minimum Gasteiger partial charge on any atom is -0.487 e. The van der Waals surface area contributed by atoms with E-state index in [0.717, 1.165) is 31.1 Å². The Labute approximate surface area is 166 Å². The molecule has 3 rings (SSSR count). The minimum atomic E-state index is -0.214. The van der Waals surface area contributed by atoms with Crippen LogP contribution < -0.4 is 15.4 Å². The zero-order valence-corrected chi connectivity index (χ0v) is 17.7. The van der Waals surface area contributed by atoms with Crippen LogP contribution in [0.2, 0.25) is 0 Å². The molecule has 1 aliphatic heterocycles. The molecule has 1 aromatic carbocycles. The van der Waals surface area contributed by atoms with E-state index in [1.807, 2.05) is 25.4 Å². The van der Waals surface area contributed by atoms with Gasteiger partial charge in [-0.1, -0.05) is 32.0 Å². The minimum absolute atomic E-state index is 0.161. The van der Waals surface area contributed by atoms with E-state index in [0.29, 0.717) is 5.92 Å². The second-order valence-corrected chi connectivity index (χ2v) is 9.24. The van der Waals surface area contributed by atoms with Crippen LogP contribution in [-0.4, -0.2) is 23.6 Å². The first-order valence-corrected chi connectivity index (χ1v) is 10.4. The van der Waals surface area contributed by atoms with Gasteiger partial charge in [-0.2, -0.15) is 0 Å². The smallest absolute Gasteiger partial charge is 0.191 e. The lowest BCUT2D eigenvalue weighted by Crippen LogP contribution is -2.45. The highest BCUT2D eigenvalue weighted by Crippen LogP contribution is 2.39. The topological polar surface area (TPSA) is 58.5 Å². The van der Waals surface area contributed by atoms with Crippen molar-refractivity contribution in [3.8, 4) is 5.75 Å². The Balaban J connectivity index is 1.64. The number of para-hydroxylation sites is 1. The van der Waals surface area contributed by atoms with Crippen molar-refractivity contribution in [2.75, 3.05) is 7.05 Å². The van der Waals surface area contributed by atoms with Gasteiger partial charge in [0.1, 0.15) is 11.4 Å². The van der Waals surface area contributed by atoms with Crippen LogP contribution in [0.25, 0.3) is 0 Å². The molecule has 0 amide bonds. The number of fused-ring (bicyclic) bond motifs is 1. The first kappa shape index (κ1) is 19.7.